The highest BCUT2D eigenvalue weighted by molar-refractivity contribution is 6.32. The molecule has 1 aromatic heterocycles. The van der Waals surface area contributed by atoms with Crippen LogP contribution in [0, 0.1) is 5.92 Å². The van der Waals surface area contributed by atoms with Gasteiger partial charge in [-0.05, 0) is 25.0 Å². The maximum atomic E-state index is 12.7. The number of nitrogens with zero attached hydrogens (tertiary/aromatic N) is 4. The highest BCUT2D eigenvalue weighted by atomic mass is 35.5. The van der Waals surface area contributed by atoms with Crippen molar-refractivity contribution in [3.05, 3.63) is 41.2 Å². The molecule has 4 rings (SSSR count). The molecule has 3 heterocycles. The zero-order chi connectivity index (χ0) is 17.2. The Morgan fingerprint density at radius 1 is 1.16 bits per heavy atom. The maximum Gasteiger partial charge on any atom is 0.276 e. The number of rotatable bonds is 3. The molecule has 2 aliphatic rings. The quantitative estimate of drug-likeness (QED) is 0.836. The van der Waals surface area contributed by atoms with Gasteiger partial charge in [0.05, 0.1) is 30.1 Å². The summed E-state index contributed by atoms with van der Waals surface area (Å²) in [5.41, 5.74) is 1.02. The van der Waals surface area contributed by atoms with E-state index in [1.807, 2.05) is 23.1 Å². The molecule has 0 aliphatic carbocycles. The summed E-state index contributed by atoms with van der Waals surface area (Å²) in [4.78, 5) is 14.5. The minimum absolute atomic E-state index is 0.106. The van der Waals surface area contributed by atoms with Crippen LogP contribution in [0.15, 0.2) is 30.5 Å². The van der Waals surface area contributed by atoms with E-state index in [0.717, 1.165) is 12.8 Å². The first kappa shape index (κ1) is 16.5. The molecular formula is C17H19ClN4O3. The summed E-state index contributed by atoms with van der Waals surface area (Å²) in [7, 11) is 0. The second-order valence-electron chi connectivity index (χ2n) is 6.24. The van der Waals surface area contributed by atoms with E-state index in [2.05, 4.69) is 10.3 Å². The van der Waals surface area contributed by atoms with Crippen molar-refractivity contribution in [1.82, 2.24) is 19.9 Å². The lowest BCUT2D eigenvalue weighted by Gasteiger charge is -2.33. The van der Waals surface area contributed by atoms with Crippen molar-refractivity contribution in [3.8, 4) is 5.69 Å². The Morgan fingerprint density at radius 2 is 1.88 bits per heavy atom. The number of halogens is 1. The Labute approximate surface area is 150 Å². The van der Waals surface area contributed by atoms with Crippen LogP contribution in [-0.4, -0.2) is 58.4 Å². The van der Waals surface area contributed by atoms with Gasteiger partial charge in [-0.3, -0.25) is 4.79 Å². The summed E-state index contributed by atoms with van der Waals surface area (Å²) in [6.45, 7) is 2.67. The molecule has 0 bridgehead atoms. The van der Waals surface area contributed by atoms with Crippen LogP contribution in [-0.2, 0) is 9.47 Å². The fourth-order valence-electron chi connectivity index (χ4n) is 3.30. The fraction of sp³-hybridized carbons (Fsp3) is 0.471. The van der Waals surface area contributed by atoms with Gasteiger partial charge in [0.25, 0.3) is 5.91 Å². The first-order valence-corrected chi connectivity index (χ1v) is 8.80. The second-order valence-corrected chi connectivity index (χ2v) is 6.65. The molecular weight excluding hydrogens is 344 g/mol. The first-order chi connectivity index (χ1) is 12.2. The molecule has 0 saturated carbocycles. The van der Waals surface area contributed by atoms with Gasteiger partial charge in [-0.1, -0.05) is 28.9 Å². The van der Waals surface area contributed by atoms with Crippen LogP contribution in [0.5, 0.6) is 0 Å². The summed E-state index contributed by atoms with van der Waals surface area (Å²) in [6, 6.07) is 7.31. The molecule has 25 heavy (non-hydrogen) atoms. The Kier molecular flexibility index (Phi) is 4.70. The fourth-order valence-corrected chi connectivity index (χ4v) is 3.52. The van der Waals surface area contributed by atoms with Crippen LogP contribution in [0.1, 0.15) is 23.3 Å². The highest BCUT2D eigenvalue weighted by Crippen LogP contribution is 2.26. The van der Waals surface area contributed by atoms with Crippen LogP contribution in [0.3, 0.4) is 0 Å². The Morgan fingerprint density at radius 3 is 2.60 bits per heavy atom. The average Bonchev–Trinajstić information content (AvgIpc) is 3.34. The number of hydrogen-bond donors (Lipinski definition) is 0. The predicted molar refractivity (Wildman–Crippen MR) is 90.7 cm³/mol. The first-order valence-electron chi connectivity index (χ1n) is 8.42. The van der Waals surface area contributed by atoms with E-state index in [1.54, 1.807) is 12.3 Å². The van der Waals surface area contributed by atoms with Crippen LogP contribution >= 0.6 is 11.6 Å². The molecule has 0 unspecified atom stereocenters. The molecule has 0 radical (unpaired) electrons. The van der Waals surface area contributed by atoms with Crippen molar-refractivity contribution in [3.63, 3.8) is 0 Å². The van der Waals surface area contributed by atoms with Crippen molar-refractivity contribution in [2.24, 2.45) is 5.92 Å². The molecule has 0 spiro atoms. The van der Waals surface area contributed by atoms with Crippen molar-refractivity contribution in [2.45, 2.75) is 19.1 Å². The lowest BCUT2D eigenvalue weighted by molar-refractivity contribution is -0.0956. The number of hydrogen-bond acceptors (Lipinski definition) is 5. The molecule has 7 nitrogen and oxygen atoms in total. The molecule has 2 aromatic rings. The van der Waals surface area contributed by atoms with Crippen LogP contribution in [0.2, 0.25) is 5.02 Å². The lowest BCUT2D eigenvalue weighted by atomic mass is 9.96. The van der Waals surface area contributed by atoms with Gasteiger partial charge in [0.15, 0.2) is 12.0 Å². The molecule has 2 aliphatic heterocycles. The summed E-state index contributed by atoms with van der Waals surface area (Å²) in [5.74, 6) is 0.246. The molecule has 0 atom stereocenters. The van der Waals surface area contributed by atoms with E-state index in [1.165, 1.54) is 4.68 Å². The van der Waals surface area contributed by atoms with Crippen molar-refractivity contribution >= 4 is 17.5 Å². The average molecular weight is 363 g/mol. The van der Waals surface area contributed by atoms with E-state index in [0.29, 0.717) is 48.6 Å². The van der Waals surface area contributed by atoms with Gasteiger partial charge in [-0.2, -0.15) is 0 Å². The monoisotopic (exact) mass is 362 g/mol. The minimum atomic E-state index is -0.113. The summed E-state index contributed by atoms with van der Waals surface area (Å²) >= 11 is 6.17. The number of carbonyl (C=O) groups is 1. The van der Waals surface area contributed by atoms with Gasteiger partial charge in [-0.25, -0.2) is 4.68 Å². The molecule has 2 fully saturated rings. The number of ether oxygens (including phenoxy) is 2. The summed E-state index contributed by atoms with van der Waals surface area (Å²) in [6.07, 6.45) is 3.25. The summed E-state index contributed by atoms with van der Waals surface area (Å²) in [5, 5.41) is 8.61. The third-order valence-corrected chi connectivity index (χ3v) is 4.99. The predicted octanol–water partition coefficient (Wildman–Crippen LogP) is 2.15. The molecule has 1 amide bonds. The minimum Gasteiger partial charge on any atom is -0.350 e. The van der Waals surface area contributed by atoms with E-state index in [4.69, 9.17) is 21.1 Å². The Hall–Kier alpha value is -1.96. The topological polar surface area (TPSA) is 69.5 Å². The Bertz CT molecular complexity index is 752. The summed E-state index contributed by atoms with van der Waals surface area (Å²) < 4.78 is 12.7. The van der Waals surface area contributed by atoms with Crippen LogP contribution in [0.25, 0.3) is 5.69 Å². The van der Waals surface area contributed by atoms with Gasteiger partial charge in [0, 0.05) is 19.0 Å². The lowest BCUT2D eigenvalue weighted by Crippen LogP contribution is -2.41. The highest BCUT2D eigenvalue weighted by Gasteiger charge is 2.32. The van der Waals surface area contributed by atoms with E-state index < -0.39 is 0 Å². The Balaban J connectivity index is 1.41. The molecule has 132 valence electrons. The van der Waals surface area contributed by atoms with Crippen molar-refractivity contribution < 1.29 is 14.3 Å². The SMILES string of the molecule is O=C(c1cn(-c2ccccc2Cl)nn1)N1CCC(C2OCCO2)CC1. The van der Waals surface area contributed by atoms with Gasteiger partial charge < -0.3 is 14.4 Å². The molecule has 1 aromatic carbocycles. The standard InChI is InChI=1S/C17H19ClN4O3/c18-13-3-1-2-4-15(13)22-11-14(19-20-22)16(23)21-7-5-12(6-8-21)17-24-9-10-25-17/h1-4,11-12,17H,5-10H2. The number of carbonyl (C=O) groups excluding carboxylic acids is 1. The van der Waals surface area contributed by atoms with Crippen LogP contribution < -0.4 is 0 Å². The zero-order valence-electron chi connectivity index (χ0n) is 13.7. The number of benzene rings is 1. The van der Waals surface area contributed by atoms with Gasteiger partial charge in [0.1, 0.15) is 0 Å². The number of para-hydroxylation sites is 1. The van der Waals surface area contributed by atoms with Gasteiger partial charge in [0.2, 0.25) is 0 Å². The molecule has 0 N–H and O–H groups in total. The molecule has 8 heteroatoms. The third kappa shape index (κ3) is 3.40. The van der Waals surface area contributed by atoms with E-state index >= 15 is 0 Å². The number of piperidine rings is 1. The van der Waals surface area contributed by atoms with Crippen molar-refractivity contribution in [1.29, 1.82) is 0 Å². The smallest absolute Gasteiger partial charge is 0.276 e. The van der Waals surface area contributed by atoms with Crippen molar-refractivity contribution in [2.75, 3.05) is 26.3 Å². The van der Waals surface area contributed by atoms with Gasteiger partial charge >= 0.3 is 0 Å². The normalized spacial score (nSPS) is 19.5. The maximum absolute atomic E-state index is 12.7. The zero-order valence-corrected chi connectivity index (χ0v) is 14.4. The van der Waals surface area contributed by atoms with Crippen LogP contribution in [0.4, 0.5) is 0 Å². The largest absolute Gasteiger partial charge is 0.350 e. The molecule has 2 saturated heterocycles. The van der Waals surface area contributed by atoms with E-state index in [9.17, 15) is 4.79 Å². The third-order valence-electron chi connectivity index (χ3n) is 4.67. The second kappa shape index (κ2) is 7.11. The number of likely N-dealkylation sites (tertiary alicyclic amines) is 1. The number of aromatic nitrogens is 3. The van der Waals surface area contributed by atoms with Gasteiger partial charge in [-0.15, -0.1) is 5.10 Å². The number of amides is 1. The van der Waals surface area contributed by atoms with E-state index in [-0.39, 0.29) is 12.2 Å².